The molecule has 6 heteroatoms. The highest BCUT2D eigenvalue weighted by Crippen LogP contribution is 2.22. The fourth-order valence-electron chi connectivity index (χ4n) is 2.06. The number of nitrogens with zero attached hydrogens (tertiary/aromatic N) is 3. The van der Waals surface area contributed by atoms with Crippen LogP contribution in [0.25, 0.3) is 11.3 Å². The van der Waals surface area contributed by atoms with Crippen molar-refractivity contribution in [1.82, 2.24) is 15.0 Å². The standard InChI is InChI=1S/C15H17N3O3/c1-11(19)14-15(12-7-4-3-5-8-12)18(17-16-14)10-6-9-13(20)21-2/h3-5,7-8H,6,9-10H2,1-2H3. The van der Waals surface area contributed by atoms with Crippen molar-refractivity contribution >= 4 is 11.8 Å². The lowest BCUT2D eigenvalue weighted by molar-refractivity contribution is -0.140. The topological polar surface area (TPSA) is 74.1 Å². The van der Waals surface area contributed by atoms with Crippen LogP contribution in [-0.2, 0) is 16.1 Å². The van der Waals surface area contributed by atoms with E-state index in [-0.39, 0.29) is 11.8 Å². The smallest absolute Gasteiger partial charge is 0.305 e. The third-order valence-electron chi connectivity index (χ3n) is 3.09. The van der Waals surface area contributed by atoms with E-state index in [1.807, 2.05) is 30.3 Å². The number of ketones is 1. The maximum Gasteiger partial charge on any atom is 0.305 e. The molecule has 0 radical (unpaired) electrons. The molecular formula is C15H17N3O3. The molecule has 0 saturated heterocycles. The quantitative estimate of drug-likeness (QED) is 0.601. The number of carbonyl (C=O) groups is 2. The average molecular weight is 287 g/mol. The second kappa shape index (κ2) is 6.78. The Morgan fingerprint density at radius 2 is 1.95 bits per heavy atom. The summed E-state index contributed by atoms with van der Waals surface area (Å²) in [7, 11) is 1.36. The summed E-state index contributed by atoms with van der Waals surface area (Å²) in [6, 6.07) is 9.50. The molecule has 0 aliphatic carbocycles. The molecule has 0 aliphatic heterocycles. The zero-order chi connectivity index (χ0) is 15.2. The minimum absolute atomic E-state index is 0.131. The van der Waals surface area contributed by atoms with Crippen molar-refractivity contribution < 1.29 is 14.3 Å². The predicted octanol–water partition coefficient (Wildman–Crippen LogP) is 2.10. The Bertz CT molecular complexity index is 635. The molecule has 0 N–H and O–H groups in total. The van der Waals surface area contributed by atoms with E-state index >= 15 is 0 Å². The fraction of sp³-hybridized carbons (Fsp3) is 0.333. The summed E-state index contributed by atoms with van der Waals surface area (Å²) >= 11 is 0. The molecule has 1 aromatic heterocycles. The number of hydrogen-bond acceptors (Lipinski definition) is 5. The third kappa shape index (κ3) is 3.53. The van der Waals surface area contributed by atoms with Crippen LogP contribution in [0.3, 0.4) is 0 Å². The summed E-state index contributed by atoms with van der Waals surface area (Å²) in [5, 5.41) is 7.99. The molecule has 1 heterocycles. The first-order chi connectivity index (χ1) is 10.1. The maximum atomic E-state index is 11.7. The number of benzene rings is 1. The highest BCUT2D eigenvalue weighted by Gasteiger charge is 2.18. The van der Waals surface area contributed by atoms with Crippen molar-refractivity contribution in [1.29, 1.82) is 0 Å². The van der Waals surface area contributed by atoms with Crippen molar-refractivity contribution in [2.45, 2.75) is 26.3 Å². The average Bonchev–Trinajstić information content (AvgIpc) is 2.92. The Balaban J connectivity index is 2.26. The lowest BCUT2D eigenvalue weighted by Crippen LogP contribution is -2.07. The molecule has 0 spiro atoms. The number of aryl methyl sites for hydroxylation is 1. The summed E-state index contributed by atoms with van der Waals surface area (Å²) < 4.78 is 6.27. The lowest BCUT2D eigenvalue weighted by atomic mass is 10.1. The van der Waals surface area contributed by atoms with Crippen molar-refractivity contribution in [2.75, 3.05) is 7.11 Å². The van der Waals surface area contributed by atoms with Gasteiger partial charge in [-0.2, -0.15) is 0 Å². The number of carbonyl (C=O) groups excluding carboxylic acids is 2. The molecule has 0 fully saturated rings. The van der Waals surface area contributed by atoms with Gasteiger partial charge in [0.25, 0.3) is 0 Å². The molecule has 2 aromatic rings. The van der Waals surface area contributed by atoms with Gasteiger partial charge in [0.05, 0.1) is 12.8 Å². The molecule has 0 aliphatic rings. The Labute approximate surface area is 122 Å². The van der Waals surface area contributed by atoms with Crippen LogP contribution in [0.1, 0.15) is 30.3 Å². The van der Waals surface area contributed by atoms with E-state index in [0.29, 0.717) is 30.8 Å². The fourth-order valence-corrected chi connectivity index (χ4v) is 2.06. The molecule has 6 nitrogen and oxygen atoms in total. The molecule has 0 saturated carbocycles. The van der Waals surface area contributed by atoms with Gasteiger partial charge in [-0.05, 0) is 6.42 Å². The van der Waals surface area contributed by atoms with E-state index in [1.165, 1.54) is 14.0 Å². The zero-order valence-electron chi connectivity index (χ0n) is 12.1. The van der Waals surface area contributed by atoms with Crippen LogP contribution in [0.15, 0.2) is 30.3 Å². The van der Waals surface area contributed by atoms with Gasteiger partial charge in [-0.3, -0.25) is 9.59 Å². The largest absolute Gasteiger partial charge is 0.469 e. The monoisotopic (exact) mass is 287 g/mol. The number of Topliss-reactive ketones (excluding diaryl/α,β-unsaturated/α-hetero) is 1. The van der Waals surface area contributed by atoms with Gasteiger partial charge in [-0.25, -0.2) is 4.68 Å². The van der Waals surface area contributed by atoms with Crippen LogP contribution in [0, 0.1) is 0 Å². The summed E-state index contributed by atoms with van der Waals surface area (Å²) in [6.07, 6.45) is 0.882. The third-order valence-corrected chi connectivity index (χ3v) is 3.09. The van der Waals surface area contributed by atoms with Crippen LogP contribution in [0.2, 0.25) is 0 Å². The van der Waals surface area contributed by atoms with Crippen LogP contribution < -0.4 is 0 Å². The maximum absolute atomic E-state index is 11.7. The highest BCUT2D eigenvalue weighted by molar-refractivity contribution is 5.97. The number of methoxy groups -OCH3 is 1. The van der Waals surface area contributed by atoms with E-state index in [2.05, 4.69) is 15.0 Å². The first-order valence-corrected chi connectivity index (χ1v) is 6.70. The molecule has 0 bridgehead atoms. The number of rotatable bonds is 6. The summed E-state index contributed by atoms with van der Waals surface area (Å²) in [6.45, 7) is 1.97. The molecule has 110 valence electrons. The van der Waals surface area contributed by atoms with Gasteiger partial charge in [-0.1, -0.05) is 35.5 Å². The van der Waals surface area contributed by atoms with Crippen molar-refractivity contribution in [3.8, 4) is 11.3 Å². The normalized spacial score (nSPS) is 10.4. The molecule has 21 heavy (non-hydrogen) atoms. The van der Waals surface area contributed by atoms with Crippen molar-refractivity contribution in [3.63, 3.8) is 0 Å². The molecule has 1 aromatic carbocycles. The van der Waals surface area contributed by atoms with Gasteiger partial charge in [0.15, 0.2) is 11.5 Å². The number of aromatic nitrogens is 3. The van der Waals surface area contributed by atoms with Crippen LogP contribution in [-0.4, -0.2) is 33.9 Å². The number of esters is 1. The van der Waals surface area contributed by atoms with E-state index in [0.717, 1.165) is 5.56 Å². The van der Waals surface area contributed by atoms with Gasteiger partial charge in [0.1, 0.15) is 0 Å². The van der Waals surface area contributed by atoms with Crippen LogP contribution in [0.4, 0.5) is 0 Å². The lowest BCUT2D eigenvalue weighted by Gasteiger charge is -2.07. The SMILES string of the molecule is COC(=O)CCCn1nnc(C(C)=O)c1-c1ccccc1. The minimum atomic E-state index is -0.261. The highest BCUT2D eigenvalue weighted by atomic mass is 16.5. The summed E-state index contributed by atoms with van der Waals surface area (Å²) in [5.41, 5.74) is 1.91. The Hall–Kier alpha value is -2.50. The van der Waals surface area contributed by atoms with Gasteiger partial charge >= 0.3 is 5.97 Å². The number of hydrogen-bond donors (Lipinski definition) is 0. The second-order valence-corrected chi connectivity index (χ2v) is 4.61. The Morgan fingerprint density at radius 1 is 1.24 bits per heavy atom. The Kier molecular flexibility index (Phi) is 4.81. The van der Waals surface area contributed by atoms with Gasteiger partial charge in [0, 0.05) is 25.5 Å². The Morgan fingerprint density at radius 3 is 2.57 bits per heavy atom. The van der Waals surface area contributed by atoms with Gasteiger partial charge in [0.2, 0.25) is 0 Å². The predicted molar refractivity (Wildman–Crippen MR) is 76.7 cm³/mol. The van der Waals surface area contributed by atoms with Crippen LogP contribution >= 0.6 is 0 Å². The molecular weight excluding hydrogens is 270 g/mol. The second-order valence-electron chi connectivity index (χ2n) is 4.61. The summed E-state index contributed by atoms with van der Waals surface area (Å²) in [4.78, 5) is 22.8. The van der Waals surface area contributed by atoms with E-state index in [1.54, 1.807) is 4.68 Å². The first kappa shape index (κ1) is 14.9. The molecule has 0 amide bonds. The minimum Gasteiger partial charge on any atom is -0.469 e. The summed E-state index contributed by atoms with van der Waals surface area (Å²) in [5.74, 6) is -0.392. The van der Waals surface area contributed by atoms with Gasteiger partial charge in [-0.15, -0.1) is 5.10 Å². The molecule has 0 unspecified atom stereocenters. The van der Waals surface area contributed by atoms with Crippen molar-refractivity contribution in [3.05, 3.63) is 36.0 Å². The molecule has 0 atom stereocenters. The van der Waals surface area contributed by atoms with E-state index in [9.17, 15) is 9.59 Å². The van der Waals surface area contributed by atoms with Crippen LogP contribution in [0.5, 0.6) is 0 Å². The zero-order valence-corrected chi connectivity index (χ0v) is 12.1. The molecule has 2 rings (SSSR count). The van der Waals surface area contributed by atoms with Gasteiger partial charge < -0.3 is 4.74 Å². The van der Waals surface area contributed by atoms with E-state index in [4.69, 9.17) is 0 Å². The number of ether oxygens (including phenoxy) is 1. The van der Waals surface area contributed by atoms with E-state index < -0.39 is 0 Å². The van der Waals surface area contributed by atoms with Crippen molar-refractivity contribution in [2.24, 2.45) is 0 Å². The first-order valence-electron chi connectivity index (χ1n) is 6.70.